The first-order valence-corrected chi connectivity index (χ1v) is 10.5. The van der Waals surface area contributed by atoms with Crippen LogP contribution in [0.2, 0.25) is 5.02 Å². The van der Waals surface area contributed by atoms with Crippen LogP contribution in [0, 0.1) is 5.92 Å². The minimum absolute atomic E-state index is 0.0291. The molecule has 136 valence electrons. The van der Waals surface area contributed by atoms with Crippen LogP contribution >= 0.6 is 11.6 Å². The lowest BCUT2D eigenvalue weighted by Gasteiger charge is -2.32. The molecule has 1 unspecified atom stereocenters. The van der Waals surface area contributed by atoms with Crippen LogP contribution in [0.5, 0.6) is 0 Å². The van der Waals surface area contributed by atoms with Crippen molar-refractivity contribution < 1.29 is 8.42 Å². The molecule has 1 fully saturated rings. The summed E-state index contributed by atoms with van der Waals surface area (Å²) in [6.45, 7) is 4.33. The van der Waals surface area contributed by atoms with E-state index in [1.54, 1.807) is 23.2 Å². The molecule has 3 rings (SSSR count). The third-order valence-electron chi connectivity index (χ3n) is 4.53. The Kier molecular flexibility index (Phi) is 5.64. The van der Waals surface area contributed by atoms with Crippen molar-refractivity contribution in [2.75, 3.05) is 19.6 Å². The quantitative estimate of drug-likeness (QED) is 0.594. The van der Waals surface area contributed by atoms with Crippen molar-refractivity contribution in [3.63, 3.8) is 0 Å². The number of hydrogen-bond donors (Lipinski definition) is 0. The Morgan fingerprint density at radius 3 is 2.64 bits per heavy atom. The Balaban J connectivity index is 1.97. The fourth-order valence-electron chi connectivity index (χ4n) is 3.03. The second-order valence-electron chi connectivity index (χ2n) is 6.36. The molecule has 0 aliphatic carbocycles. The number of rotatable bonds is 3. The summed E-state index contributed by atoms with van der Waals surface area (Å²) in [5.41, 5.74) is 0. The second-order valence-corrected chi connectivity index (χ2v) is 8.34. The first-order chi connectivity index (χ1) is 12.0. The molecule has 1 saturated heterocycles. The molecular formula is C17H23ClN4O2S. The van der Waals surface area contributed by atoms with Gasteiger partial charge in [0.05, 0.1) is 11.6 Å². The van der Waals surface area contributed by atoms with E-state index in [2.05, 4.69) is 16.4 Å². The maximum atomic E-state index is 12.8. The molecule has 1 aromatic rings. The Hall–Kier alpha value is -1.60. The lowest BCUT2D eigenvalue weighted by molar-refractivity contribution is 0.287. The van der Waals surface area contributed by atoms with Crippen LogP contribution in [-0.2, 0) is 10.0 Å². The summed E-state index contributed by atoms with van der Waals surface area (Å²) in [5.74, 6) is 0.727. The number of benzene rings is 1. The second kappa shape index (κ2) is 7.74. The summed E-state index contributed by atoms with van der Waals surface area (Å²) in [7, 11) is -3.90. The van der Waals surface area contributed by atoms with Crippen LogP contribution in [0.3, 0.4) is 0 Å². The Labute approximate surface area is 154 Å². The van der Waals surface area contributed by atoms with E-state index < -0.39 is 10.0 Å². The molecule has 2 aliphatic heterocycles. The van der Waals surface area contributed by atoms with Crippen molar-refractivity contribution >= 4 is 33.8 Å². The number of hydrazone groups is 1. The van der Waals surface area contributed by atoms with Gasteiger partial charge in [-0.3, -0.25) is 0 Å². The van der Waals surface area contributed by atoms with Gasteiger partial charge in [-0.25, -0.2) is 5.01 Å². The van der Waals surface area contributed by atoms with E-state index in [1.807, 2.05) is 11.1 Å². The zero-order valence-electron chi connectivity index (χ0n) is 14.3. The van der Waals surface area contributed by atoms with E-state index in [4.69, 9.17) is 11.6 Å². The van der Waals surface area contributed by atoms with Gasteiger partial charge in [0, 0.05) is 25.2 Å². The van der Waals surface area contributed by atoms with E-state index in [1.165, 1.54) is 6.07 Å². The van der Waals surface area contributed by atoms with Crippen LogP contribution in [0.15, 0.2) is 38.7 Å². The molecule has 1 aromatic carbocycles. The molecule has 2 aliphatic rings. The standard InChI is InChI=1S/C17H23ClN4O2S/c1-2-14-12-19-22(13-14)17(21-10-6-3-7-11-21)20-25(23,24)16-9-5-4-8-15(16)18/h4-5,8-9,12,14H,2-3,6-7,10-11,13H2,1H3. The lowest BCUT2D eigenvalue weighted by Crippen LogP contribution is -2.44. The number of hydrogen-bond acceptors (Lipinski definition) is 3. The highest BCUT2D eigenvalue weighted by Gasteiger charge is 2.29. The van der Waals surface area contributed by atoms with Crippen molar-refractivity contribution in [1.82, 2.24) is 9.91 Å². The van der Waals surface area contributed by atoms with Gasteiger partial charge in [0.1, 0.15) is 4.90 Å². The van der Waals surface area contributed by atoms with Gasteiger partial charge in [-0.2, -0.15) is 13.5 Å². The minimum atomic E-state index is -3.90. The summed E-state index contributed by atoms with van der Waals surface area (Å²) in [5, 5.41) is 6.30. The fraction of sp³-hybridized carbons (Fsp3) is 0.529. The molecule has 6 nitrogen and oxygen atoms in total. The highest BCUT2D eigenvalue weighted by molar-refractivity contribution is 7.90. The number of guanidine groups is 1. The predicted molar refractivity (Wildman–Crippen MR) is 100 cm³/mol. The first-order valence-electron chi connectivity index (χ1n) is 8.67. The molecule has 0 aromatic heterocycles. The van der Waals surface area contributed by atoms with Crippen molar-refractivity contribution in [1.29, 1.82) is 0 Å². The van der Waals surface area contributed by atoms with Crippen LogP contribution in [0.25, 0.3) is 0 Å². The number of likely N-dealkylation sites (tertiary alicyclic amines) is 1. The summed E-state index contributed by atoms with van der Waals surface area (Å²) in [6, 6.07) is 6.39. The lowest BCUT2D eigenvalue weighted by atomic mass is 10.1. The van der Waals surface area contributed by atoms with Gasteiger partial charge in [-0.1, -0.05) is 30.7 Å². The van der Waals surface area contributed by atoms with E-state index in [9.17, 15) is 8.42 Å². The number of piperidine rings is 1. The molecule has 8 heteroatoms. The molecule has 0 amide bonds. The molecule has 2 heterocycles. The summed E-state index contributed by atoms with van der Waals surface area (Å²) in [4.78, 5) is 2.05. The normalized spacial score (nSPS) is 21.8. The Bertz CT molecular complexity index is 773. The fourth-order valence-corrected chi connectivity index (χ4v) is 4.55. The number of halogens is 1. The average molecular weight is 383 g/mol. The first kappa shape index (κ1) is 18.2. The van der Waals surface area contributed by atoms with Gasteiger partial charge in [-0.15, -0.1) is 4.40 Å². The van der Waals surface area contributed by atoms with Crippen molar-refractivity contribution in [3.05, 3.63) is 29.3 Å². The van der Waals surface area contributed by atoms with Gasteiger partial charge in [-0.05, 0) is 37.8 Å². The zero-order valence-corrected chi connectivity index (χ0v) is 15.9. The van der Waals surface area contributed by atoms with Gasteiger partial charge in [0.2, 0.25) is 5.96 Å². The van der Waals surface area contributed by atoms with E-state index >= 15 is 0 Å². The molecule has 25 heavy (non-hydrogen) atoms. The molecule has 0 saturated carbocycles. The minimum Gasteiger partial charge on any atom is -0.340 e. The molecule has 0 spiro atoms. The van der Waals surface area contributed by atoms with Crippen molar-refractivity contribution in [2.45, 2.75) is 37.5 Å². The summed E-state index contributed by atoms with van der Waals surface area (Å²) >= 11 is 6.08. The van der Waals surface area contributed by atoms with Crippen LogP contribution in [-0.4, -0.2) is 50.1 Å². The van der Waals surface area contributed by atoms with Gasteiger partial charge in [0.15, 0.2) is 0 Å². The maximum absolute atomic E-state index is 12.8. The monoisotopic (exact) mass is 382 g/mol. The van der Waals surface area contributed by atoms with Crippen LogP contribution in [0.4, 0.5) is 0 Å². The molecular weight excluding hydrogens is 360 g/mol. The van der Waals surface area contributed by atoms with Gasteiger partial charge in [0.25, 0.3) is 10.0 Å². The van der Waals surface area contributed by atoms with Crippen molar-refractivity contribution in [3.8, 4) is 0 Å². The molecule has 0 radical (unpaired) electrons. The Morgan fingerprint density at radius 1 is 1.28 bits per heavy atom. The average Bonchev–Trinajstić information content (AvgIpc) is 3.09. The highest BCUT2D eigenvalue weighted by atomic mass is 35.5. The molecule has 1 atom stereocenters. The van der Waals surface area contributed by atoms with Crippen LogP contribution in [0.1, 0.15) is 32.6 Å². The Morgan fingerprint density at radius 2 is 2.00 bits per heavy atom. The molecule has 0 N–H and O–H groups in total. The highest BCUT2D eigenvalue weighted by Crippen LogP contribution is 2.24. The number of nitrogens with zero attached hydrogens (tertiary/aromatic N) is 4. The van der Waals surface area contributed by atoms with Gasteiger partial charge < -0.3 is 4.90 Å². The largest absolute Gasteiger partial charge is 0.340 e. The SMILES string of the molecule is CCC1C=NN(C(=NS(=O)(=O)c2ccccc2Cl)N2CCCCC2)C1. The maximum Gasteiger partial charge on any atom is 0.287 e. The third-order valence-corrected chi connectivity index (χ3v) is 6.29. The summed E-state index contributed by atoms with van der Waals surface area (Å²) in [6.07, 6.45) is 6.05. The predicted octanol–water partition coefficient (Wildman–Crippen LogP) is 3.20. The third kappa shape index (κ3) is 4.15. The van der Waals surface area contributed by atoms with Crippen molar-refractivity contribution in [2.24, 2.45) is 15.4 Å². The van der Waals surface area contributed by atoms with Crippen LogP contribution < -0.4 is 0 Å². The molecule has 0 bridgehead atoms. The topological polar surface area (TPSA) is 65.3 Å². The van der Waals surface area contributed by atoms with E-state index in [0.717, 1.165) is 38.8 Å². The van der Waals surface area contributed by atoms with E-state index in [0.29, 0.717) is 18.4 Å². The van der Waals surface area contributed by atoms with Gasteiger partial charge >= 0.3 is 0 Å². The smallest absolute Gasteiger partial charge is 0.287 e. The number of sulfonamides is 1. The zero-order chi connectivity index (χ0) is 17.9. The van der Waals surface area contributed by atoms with E-state index in [-0.39, 0.29) is 9.92 Å². The summed E-state index contributed by atoms with van der Waals surface area (Å²) < 4.78 is 29.8.